The van der Waals surface area contributed by atoms with Crippen LogP contribution in [0.15, 0.2) is 24.3 Å². The number of nitrogens with zero attached hydrogens (tertiary/aromatic N) is 1. The first-order valence-electron chi connectivity index (χ1n) is 3.81. The molecule has 0 unspecified atom stereocenters. The Morgan fingerprint density at radius 3 is 2.71 bits per heavy atom. The number of para-hydroxylation sites is 1. The summed E-state index contributed by atoms with van der Waals surface area (Å²) in [7, 11) is -4.48. The summed E-state index contributed by atoms with van der Waals surface area (Å²) in [6.07, 6.45) is 0. The number of benzene rings is 1. The predicted octanol–water partition coefficient (Wildman–Crippen LogP) is 2.10. The third kappa shape index (κ3) is 2.08. The summed E-state index contributed by atoms with van der Waals surface area (Å²) in [5.74, 6) is -0.633. The van der Waals surface area contributed by atoms with Crippen LogP contribution in [0.3, 0.4) is 0 Å². The summed E-state index contributed by atoms with van der Waals surface area (Å²) >= 11 is 1.19. The van der Waals surface area contributed by atoms with Crippen LogP contribution in [0.2, 0.25) is 0 Å². The first-order valence-corrected chi connectivity index (χ1v) is 6.18. The maximum atomic E-state index is 12.3. The number of fused-ring (bicyclic) bond motifs is 1. The Morgan fingerprint density at radius 1 is 1.36 bits per heavy atom. The normalized spacial score (nSPS) is 12.1. The van der Waals surface area contributed by atoms with Crippen LogP contribution in [-0.2, 0) is 16.0 Å². The molecule has 2 aromatic rings. The van der Waals surface area contributed by atoms with Crippen LogP contribution < -0.4 is 0 Å². The Morgan fingerprint density at radius 2 is 2.07 bits per heavy atom. The van der Waals surface area contributed by atoms with Crippen molar-refractivity contribution in [1.29, 1.82) is 0 Å². The van der Waals surface area contributed by atoms with Crippen LogP contribution in [0.4, 0.5) is 3.89 Å². The van der Waals surface area contributed by atoms with Crippen molar-refractivity contribution in [1.82, 2.24) is 4.98 Å². The van der Waals surface area contributed by atoms with Gasteiger partial charge < -0.3 is 0 Å². The molecule has 0 amide bonds. The molecule has 0 spiro atoms. The Bertz CT molecular complexity index is 528. The number of hydrogen-bond acceptors (Lipinski definition) is 4. The van der Waals surface area contributed by atoms with Crippen molar-refractivity contribution >= 4 is 31.8 Å². The lowest BCUT2D eigenvalue weighted by Crippen LogP contribution is -1.94. The van der Waals surface area contributed by atoms with E-state index in [0.29, 0.717) is 5.52 Å². The molecule has 0 aliphatic rings. The summed E-state index contributed by atoms with van der Waals surface area (Å²) in [4.78, 5) is 4.00. The second-order valence-electron chi connectivity index (χ2n) is 2.76. The predicted molar refractivity (Wildman–Crippen MR) is 53.4 cm³/mol. The number of aromatic nitrogens is 1. The van der Waals surface area contributed by atoms with E-state index in [1.54, 1.807) is 12.1 Å². The van der Waals surface area contributed by atoms with Crippen LogP contribution in [0, 0.1) is 0 Å². The largest absolute Gasteiger partial charge is 0.308 e. The van der Waals surface area contributed by atoms with Crippen LogP contribution in [0.1, 0.15) is 5.01 Å². The van der Waals surface area contributed by atoms with E-state index in [1.807, 2.05) is 12.1 Å². The number of halogens is 1. The molecule has 3 nitrogen and oxygen atoms in total. The molecule has 1 heterocycles. The van der Waals surface area contributed by atoms with Gasteiger partial charge in [-0.3, -0.25) is 0 Å². The van der Waals surface area contributed by atoms with Crippen molar-refractivity contribution in [3.8, 4) is 0 Å². The highest BCUT2D eigenvalue weighted by Gasteiger charge is 2.12. The SMILES string of the molecule is O=S(=O)(F)Cc1nc2ccccc2s1. The molecule has 0 aliphatic heterocycles. The first kappa shape index (κ1) is 9.54. The highest BCUT2D eigenvalue weighted by atomic mass is 32.3. The molecule has 14 heavy (non-hydrogen) atoms. The summed E-state index contributed by atoms with van der Waals surface area (Å²) in [6.45, 7) is 0. The molecule has 0 radical (unpaired) electrons. The van der Waals surface area contributed by atoms with Crippen molar-refractivity contribution in [3.63, 3.8) is 0 Å². The molecule has 0 aliphatic carbocycles. The van der Waals surface area contributed by atoms with Crippen LogP contribution in [0.25, 0.3) is 10.2 Å². The standard InChI is InChI=1S/C8H6FNO2S2/c9-14(11,12)5-8-10-6-3-1-2-4-7(6)13-8/h1-4H,5H2. The van der Waals surface area contributed by atoms with Gasteiger partial charge in [-0.1, -0.05) is 12.1 Å². The van der Waals surface area contributed by atoms with Crippen LogP contribution in [0.5, 0.6) is 0 Å². The monoisotopic (exact) mass is 231 g/mol. The maximum Gasteiger partial charge on any atom is 0.308 e. The fourth-order valence-electron chi connectivity index (χ4n) is 1.13. The van der Waals surface area contributed by atoms with Crippen LogP contribution >= 0.6 is 11.3 Å². The molecule has 0 saturated heterocycles. The minimum Gasteiger partial charge on any atom is -0.240 e. The zero-order valence-corrected chi connectivity index (χ0v) is 8.61. The Balaban J connectivity index is 2.46. The number of rotatable bonds is 2. The quantitative estimate of drug-likeness (QED) is 0.743. The topological polar surface area (TPSA) is 47.0 Å². The zero-order chi connectivity index (χ0) is 10.2. The highest BCUT2D eigenvalue weighted by Crippen LogP contribution is 2.23. The van der Waals surface area contributed by atoms with Gasteiger partial charge in [-0.15, -0.1) is 15.2 Å². The lowest BCUT2D eigenvalue weighted by Gasteiger charge is -1.86. The average Bonchev–Trinajstić information content (AvgIpc) is 2.42. The summed E-state index contributed by atoms with van der Waals surface area (Å²) < 4.78 is 34.0. The third-order valence-electron chi connectivity index (χ3n) is 1.63. The van der Waals surface area contributed by atoms with E-state index in [4.69, 9.17) is 0 Å². The molecule has 1 aromatic heterocycles. The van der Waals surface area contributed by atoms with Gasteiger partial charge in [-0.05, 0) is 12.1 Å². The van der Waals surface area contributed by atoms with Gasteiger partial charge in [0.05, 0.1) is 10.2 Å². The molecule has 2 rings (SSSR count). The first-order chi connectivity index (χ1) is 6.54. The summed E-state index contributed by atoms with van der Waals surface area (Å²) in [5, 5.41) is 0.286. The van der Waals surface area contributed by atoms with E-state index >= 15 is 0 Å². The molecule has 0 fully saturated rings. The molecule has 0 saturated carbocycles. The van der Waals surface area contributed by atoms with Crippen molar-refractivity contribution in [3.05, 3.63) is 29.3 Å². The minimum atomic E-state index is -4.48. The zero-order valence-electron chi connectivity index (χ0n) is 6.97. The Labute approximate surface area is 84.4 Å². The lowest BCUT2D eigenvalue weighted by molar-refractivity contribution is 0.551. The molecule has 0 N–H and O–H groups in total. The molecule has 0 bridgehead atoms. The Kier molecular flexibility index (Phi) is 2.24. The van der Waals surface area contributed by atoms with Gasteiger partial charge in [0, 0.05) is 0 Å². The van der Waals surface area contributed by atoms with E-state index in [9.17, 15) is 12.3 Å². The Hall–Kier alpha value is -1.01. The van der Waals surface area contributed by atoms with E-state index in [1.165, 1.54) is 11.3 Å². The molecule has 0 atom stereocenters. The van der Waals surface area contributed by atoms with Crippen molar-refractivity contribution in [2.75, 3.05) is 0 Å². The second kappa shape index (κ2) is 3.29. The highest BCUT2D eigenvalue weighted by molar-refractivity contribution is 7.85. The van der Waals surface area contributed by atoms with Gasteiger partial charge in [0.15, 0.2) is 0 Å². The fourth-order valence-corrected chi connectivity index (χ4v) is 2.91. The van der Waals surface area contributed by atoms with Crippen molar-refractivity contribution in [2.45, 2.75) is 5.75 Å². The van der Waals surface area contributed by atoms with E-state index < -0.39 is 16.0 Å². The van der Waals surface area contributed by atoms with Gasteiger partial charge in [0.2, 0.25) is 0 Å². The van der Waals surface area contributed by atoms with Gasteiger partial charge >= 0.3 is 10.2 Å². The van der Waals surface area contributed by atoms with E-state index in [2.05, 4.69) is 4.98 Å². The third-order valence-corrected chi connectivity index (χ3v) is 3.47. The van der Waals surface area contributed by atoms with Gasteiger partial charge in [0.1, 0.15) is 10.8 Å². The average molecular weight is 231 g/mol. The number of hydrogen-bond donors (Lipinski definition) is 0. The lowest BCUT2D eigenvalue weighted by atomic mass is 10.3. The summed E-state index contributed by atoms with van der Waals surface area (Å²) in [6, 6.07) is 7.21. The van der Waals surface area contributed by atoms with E-state index in [0.717, 1.165) is 4.70 Å². The molecular weight excluding hydrogens is 225 g/mol. The maximum absolute atomic E-state index is 12.3. The summed E-state index contributed by atoms with van der Waals surface area (Å²) in [5.41, 5.74) is 0.705. The van der Waals surface area contributed by atoms with Gasteiger partial charge in [0.25, 0.3) is 0 Å². The van der Waals surface area contributed by atoms with Gasteiger partial charge in [-0.2, -0.15) is 8.42 Å². The van der Waals surface area contributed by atoms with Gasteiger partial charge in [-0.25, -0.2) is 4.98 Å². The molecular formula is C8H6FNO2S2. The van der Waals surface area contributed by atoms with E-state index in [-0.39, 0.29) is 5.01 Å². The second-order valence-corrected chi connectivity index (χ2v) is 5.24. The van der Waals surface area contributed by atoms with Crippen molar-refractivity contribution < 1.29 is 12.3 Å². The minimum absolute atomic E-state index is 0.286. The molecule has 1 aromatic carbocycles. The molecule has 74 valence electrons. The molecule has 6 heteroatoms. The smallest absolute Gasteiger partial charge is 0.240 e. The number of thiazole rings is 1. The van der Waals surface area contributed by atoms with Crippen LogP contribution in [-0.4, -0.2) is 13.4 Å². The fraction of sp³-hybridized carbons (Fsp3) is 0.125. The van der Waals surface area contributed by atoms with Crippen molar-refractivity contribution in [2.24, 2.45) is 0 Å².